The SMILES string of the molecule is O=C(Nc1ccccc1O)C1CCN(S(=O)(=O)c2ccc3ccccc3c2)CC1. The Labute approximate surface area is 169 Å². The van der Waals surface area contributed by atoms with Gasteiger partial charge in [-0.1, -0.05) is 42.5 Å². The van der Waals surface area contributed by atoms with Gasteiger partial charge in [-0.2, -0.15) is 4.31 Å². The van der Waals surface area contributed by atoms with Crippen molar-refractivity contribution in [3.8, 4) is 5.75 Å². The van der Waals surface area contributed by atoms with E-state index < -0.39 is 10.0 Å². The summed E-state index contributed by atoms with van der Waals surface area (Å²) in [5.41, 5.74) is 0.365. The fraction of sp³-hybridized carbons (Fsp3) is 0.227. The van der Waals surface area contributed by atoms with Crippen LogP contribution < -0.4 is 5.32 Å². The summed E-state index contributed by atoms with van der Waals surface area (Å²) in [5, 5.41) is 14.4. The number of anilines is 1. The molecular formula is C22H22N2O4S. The molecule has 1 fully saturated rings. The topological polar surface area (TPSA) is 86.7 Å². The van der Waals surface area contributed by atoms with E-state index in [2.05, 4.69) is 5.32 Å². The zero-order valence-corrected chi connectivity index (χ0v) is 16.6. The van der Waals surface area contributed by atoms with Gasteiger partial charge >= 0.3 is 0 Å². The molecule has 0 bridgehead atoms. The highest BCUT2D eigenvalue weighted by Crippen LogP contribution is 2.28. The number of nitrogens with one attached hydrogen (secondary N) is 1. The molecule has 3 aromatic rings. The van der Waals surface area contributed by atoms with Crippen molar-refractivity contribution < 1.29 is 18.3 Å². The van der Waals surface area contributed by atoms with Crippen LogP contribution in [0.5, 0.6) is 5.75 Å². The zero-order valence-electron chi connectivity index (χ0n) is 15.8. The van der Waals surface area contributed by atoms with Crippen LogP contribution >= 0.6 is 0 Å². The Morgan fingerprint density at radius 1 is 0.931 bits per heavy atom. The molecule has 1 amide bonds. The fourth-order valence-corrected chi connectivity index (χ4v) is 5.15. The van der Waals surface area contributed by atoms with E-state index in [1.54, 1.807) is 30.3 Å². The second kappa shape index (κ2) is 7.85. The summed E-state index contributed by atoms with van der Waals surface area (Å²) in [7, 11) is -3.61. The summed E-state index contributed by atoms with van der Waals surface area (Å²) < 4.78 is 27.5. The number of carbonyl (C=O) groups is 1. The summed E-state index contributed by atoms with van der Waals surface area (Å²) in [4.78, 5) is 12.8. The van der Waals surface area contributed by atoms with Gasteiger partial charge in [0.05, 0.1) is 10.6 Å². The number of para-hydroxylation sites is 2. The second-order valence-electron chi connectivity index (χ2n) is 7.19. The standard InChI is InChI=1S/C22H22N2O4S/c25-21-8-4-3-7-20(21)23-22(26)17-11-13-24(14-12-17)29(27,28)19-10-9-16-5-1-2-6-18(16)15-19/h1-10,15,17,25H,11-14H2,(H,23,26). The molecular weight excluding hydrogens is 388 g/mol. The third-order valence-electron chi connectivity index (χ3n) is 5.35. The fourth-order valence-electron chi connectivity index (χ4n) is 3.65. The minimum atomic E-state index is -3.61. The number of rotatable bonds is 4. The highest BCUT2D eigenvalue weighted by atomic mass is 32.2. The van der Waals surface area contributed by atoms with Gasteiger partial charge in [0.1, 0.15) is 5.75 Å². The van der Waals surface area contributed by atoms with Gasteiger partial charge in [-0.05, 0) is 47.9 Å². The Morgan fingerprint density at radius 2 is 1.59 bits per heavy atom. The first-order valence-corrected chi connectivity index (χ1v) is 11.0. The smallest absolute Gasteiger partial charge is 0.243 e. The second-order valence-corrected chi connectivity index (χ2v) is 9.13. The van der Waals surface area contributed by atoms with Crippen LogP contribution in [0.25, 0.3) is 10.8 Å². The van der Waals surface area contributed by atoms with E-state index in [1.807, 2.05) is 30.3 Å². The maximum Gasteiger partial charge on any atom is 0.243 e. The lowest BCUT2D eigenvalue weighted by atomic mass is 9.97. The number of phenolic OH excluding ortho intramolecular Hbond substituents is 1. The molecule has 0 saturated carbocycles. The van der Waals surface area contributed by atoms with Gasteiger partial charge in [-0.3, -0.25) is 4.79 Å². The molecule has 7 heteroatoms. The van der Waals surface area contributed by atoms with Crippen LogP contribution in [0.3, 0.4) is 0 Å². The molecule has 3 aromatic carbocycles. The van der Waals surface area contributed by atoms with Crippen LogP contribution in [0.4, 0.5) is 5.69 Å². The van der Waals surface area contributed by atoms with Crippen LogP contribution in [0, 0.1) is 5.92 Å². The predicted octanol–water partition coefficient (Wildman–Crippen LogP) is 3.58. The molecule has 1 heterocycles. The van der Waals surface area contributed by atoms with Crippen molar-refractivity contribution in [3.63, 3.8) is 0 Å². The summed E-state index contributed by atoms with van der Waals surface area (Å²) >= 11 is 0. The number of benzene rings is 3. The maximum atomic E-state index is 13.0. The number of hydrogen-bond acceptors (Lipinski definition) is 4. The van der Waals surface area contributed by atoms with Crippen molar-refractivity contribution in [1.82, 2.24) is 4.31 Å². The van der Waals surface area contributed by atoms with E-state index in [4.69, 9.17) is 0 Å². The van der Waals surface area contributed by atoms with Crippen LogP contribution in [-0.2, 0) is 14.8 Å². The molecule has 0 aromatic heterocycles. The third-order valence-corrected chi connectivity index (χ3v) is 7.24. The number of amides is 1. The molecule has 0 spiro atoms. The van der Waals surface area contributed by atoms with Crippen molar-refractivity contribution in [1.29, 1.82) is 0 Å². The molecule has 0 atom stereocenters. The maximum absolute atomic E-state index is 13.0. The Hall–Kier alpha value is -2.90. The number of piperidine rings is 1. The molecule has 150 valence electrons. The van der Waals surface area contributed by atoms with Crippen LogP contribution in [0.1, 0.15) is 12.8 Å². The van der Waals surface area contributed by atoms with E-state index in [0.717, 1.165) is 10.8 Å². The molecule has 0 radical (unpaired) electrons. The van der Waals surface area contributed by atoms with Gasteiger partial charge in [0.25, 0.3) is 0 Å². The lowest BCUT2D eigenvalue weighted by molar-refractivity contribution is -0.120. The van der Waals surface area contributed by atoms with Crippen molar-refractivity contribution in [2.45, 2.75) is 17.7 Å². The Balaban J connectivity index is 1.44. The van der Waals surface area contributed by atoms with Crippen molar-refractivity contribution >= 4 is 32.4 Å². The average Bonchev–Trinajstić information content (AvgIpc) is 2.75. The molecule has 6 nitrogen and oxygen atoms in total. The first-order valence-electron chi connectivity index (χ1n) is 9.53. The molecule has 1 aliphatic heterocycles. The highest BCUT2D eigenvalue weighted by molar-refractivity contribution is 7.89. The van der Waals surface area contributed by atoms with Gasteiger partial charge in [-0.15, -0.1) is 0 Å². The lowest BCUT2D eigenvalue weighted by Gasteiger charge is -2.30. The monoisotopic (exact) mass is 410 g/mol. The molecule has 2 N–H and O–H groups in total. The normalized spacial score (nSPS) is 16.0. The lowest BCUT2D eigenvalue weighted by Crippen LogP contribution is -2.41. The summed E-state index contributed by atoms with van der Waals surface area (Å²) in [6.45, 7) is 0.571. The van der Waals surface area contributed by atoms with Gasteiger partial charge in [0.15, 0.2) is 0 Å². The minimum absolute atomic E-state index is 0.0113. The largest absolute Gasteiger partial charge is 0.506 e. The Bertz CT molecular complexity index is 1150. The number of phenols is 1. The molecule has 0 aliphatic carbocycles. The number of carbonyl (C=O) groups excluding carboxylic acids is 1. The predicted molar refractivity (Wildman–Crippen MR) is 112 cm³/mol. The number of aromatic hydroxyl groups is 1. The Kier molecular flexibility index (Phi) is 5.25. The molecule has 0 unspecified atom stereocenters. The van der Waals surface area contributed by atoms with Crippen molar-refractivity contribution in [2.75, 3.05) is 18.4 Å². The van der Waals surface area contributed by atoms with Crippen molar-refractivity contribution in [3.05, 3.63) is 66.7 Å². The number of sulfonamides is 1. The molecule has 4 rings (SSSR count). The van der Waals surface area contributed by atoms with Crippen molar-refractivity contribution in [2.24, 2.45) is 5.92 Å². The van der Waals surface area contributed by atoms with Gasteiger partial charge in [-0.25, -0.2) is 8.42 Å². The van der Waals surface area contributed by atoms with E-state index in [0.29, 0.717) is 18.5 Å². The Morgan fingerprint density at radius 3 is 2.31 bits per heavy atom. The van der Waals surface area contributed by atoms with E-state index in [9.17, 15) is 18.3 Å². The number of fused-ring (bicyclic) bond motifs is 1. The van der Waals surface area contributed by atoms with E-state index in [1.165, 1.54) is 10.4 Å². The quantitative estimate of drug-likeness (QED) is 0.644. The number of nitrogens with zero attached hydrogens (tertiary/aromatic N) is 1. The number of hydrogen-bond donors (Lipinski definition) is 2. The van der Waals surface area contributed by atoms with Gasteiger partial charge < -0.3 is 10.4 Å². The van der Waals surface area contributed by atoms with E-state index >= 15 is 0 Å². The van der Waals surface area contributed by atoms with Crippen LogP contribution in [0.15, 0.2) is 71.6 Å². The van der Waals surface area contributed by atoms with Gasteiger partial charge in [0.2, 0.25) is 15.9 Å². The zero-order chi connectivity index (χ0) is 20.4. The molecule has 1 aliphatic rings. The van der Waals surface area contributed by atoms with Gasteiger partial charge in [0, 0.05) is 19.0 Å². The molecule has 1 saturated heterocycles. The minimum Gasteiger partial charge on any atom is -0.506 e. The summed E-state index contributed by atoms with van der Waals surface area (Å²) in [6, 6.07) is 19.3. The van der Waals surface area contributed by atoms with Crippen LogP contribution in [0.2, 0.25) is 0 Å². The summed E-state index contributed by atoms with van der Waals surface area (Å²) in [5.74, 6) is -0.482. The highest BCUT2D eigenvalue weighted by Gasteiger charge is 2.32. The third kappa shape index (κ3) is 3.97. The first-order chi connectivity index (χ1) is 13.9. The van der Waals surface area contributed by atoms with E-state index in [-0.39, 0.29) is 35.6 Å². The first kappa shape index (κ1) is 19.4. The average molecular weight is 410 g/mol. The summed E-state index contributed by atoms with van der Waals surface area (Å²) in [6.07, 6.45) is 0.873. The van der Waals surface area contributed by atoms with Crippen LogP contribution in [-0.4, -0.2) is 36.8 Å². The molecule has 29 heavy (non-hydrogen) atoms.